The number of halogens is 1. The third-order valence-electron chi connectivity index (χ3n) is 5.66. The van der Waals surface area contributed by atoms with Crippen molar-refractivity contribution in [3.8, 4) is 0 Å². The van der Waals surface area contributed by atoms with Crippen molar-refractivity contribution in [2.45, 2.75) is 46.7 Å². The molecule has 12 heteroatoms. The van der Waals surface area contributed by atoms with Crippen LogP contribution in [0.15, 0.2) is 16.9 Å². The Labute approximate surface area is 201 Å². The first kappa shape index (κ1) is 24.7. The van der Waals surface area contributed by atoms with Gasteiger partial charge in [0.05, 0.1) is 35.2 Å². The van der Waals surface area contributed by atoms with E-state index in [1.165, 1.54) is 0 Å². The molecule has 3 heterocycles. The van der Waals surface area contributed by atoms with E-state index in [1.807, 2.05) is 6.92 Å². The second-order valence-electron chi connectivity index (χ2n) is 7.89. The number of piperazine rings is 1. The van der Waals surface area contributed by atoms with Gasteiger partial charge in [0.2, 0.25) is 11.8 Å². The fraction of sp³-hybridized carbons (Fsp3) is 0.571. The predicted molar refractivity (Wildman–Crippen MR) is 125 cm³/mol. The van der Waals surface area contributed by atoms with Crippen LogP contribution in [0.2, 0.25) is 0 Å². The van der Waals surface area contributed by atoms with Crippen LogP contribution in [0.1, 0.15) is 37.7 Å². The Bertz CT molecular complexity index is 1010. The number of nitrogens with one attached hydrogen (secondary N) is 1. The van der Waals surface area contributed by atoms with Crippen LogP contribution in [0, 0.1) is 13.8 Å². The highest BCUT2D eigenvalue weighted by molar-refractivity contribution is 9.10. The molecule has 3 amide bonds. The van der Waals surface area contributed by atoms with Crippen LogP contribution in [0.25, 0.3) is 0 Å². The summed E-state index contributed by atoms with van der Waals surface area (Å²) in [5.41, 5.74) is 2.17. The second kappa shape index (κ2) is 10.8. The maximum atomic E-state index is 13.0. The Hall–Kier alpha value is -2.89. The van der Waals surface area contributed by atoms with Crippen LogP contribution >= 0.6 is 15.9 Å². The Morgan fingerprint density at radius 1 is 1.18 bits per heavy atom. The summed E-state index contributed by atoms with van der Waals surface area (Å²) in [4.78, 5) is 40.6. The fourth-order valence-corrected chi connectivity index (χ4v) is 3.87. The Kier molecular flexibility index (Phi) is 8.11. The zero-order chi connectivity index (χ0) is 24.1. The SMILES string of the molecule is CCOC(=O)N1CCN(C(=O)C(C)n2cc(NC(=O)CCn3ncc(Br)c3C)c(C)n2)CC1. The minimum Gasteiger partial charge on any atom is -0.450 e. The summed E-state index contributed by atoms with van der Waals surface area (Å²) in [6.45, 7) is 9.79. The molecule has 1 N–H and O–H groups in total. The first-order chi connectivity index (χ1) is 15.7. The number of anilines is 1. The Morgan fingerprint density at radius 3 is 2.45 bits per heavy atom. The molecule has 3 rings (SSSR count). The van der Waals surface area contributed by atoms with E-state index in [9.17, 15) is 14.4 Å². The van der Waals surface area contributed by atoms with Crippen LogP contribution in [-0.2, 0) is 20.9 Å². The smallest absolute Gasteiger partial charge is 0.409 e. The molecule has 180 valence electrons. The lowest BCUT2D eigenvalue weighted by atomic mass is 10.2. The third kappa shape index (κ3) is 5.92. The van der Waals surface area contributed by atoms with Crippen LogP contribution < -0.4 is 5.32 Å². The molecule has 1 aliphatic rings. The lowest BCUT2D eigenvalue weighted by molar-refractivity contribution is -0.136. The maximum Gasteiger partial charge on any atom is 0.409 e. The highest BCUT2D eigenvalue weighted by Crippen LogP contribution is 2.19. The summed E-state index contributed by atoms with van der Waals surface area (Å²) in [5, 5.41) is 11.5. The van der Waals surface area contributed by atoms with Crippen molar-refractivity contribution in [2.24, 2.45) is 0 Å². The van der Waals surface area contributed by atoms with Crippen LogP contribution in [0.5, 0.6) is 0 Å². The van der Waals surface area contributed by atoms with Gasteiger partial charge < -0.3 is 19.9 Å². The molecule has 0 aromatic carbocycles. The van der Waals surface area contributed by atoms with E-state index in [2.05, 4.69) is 31.4 Å². The Morgan fingerprint density at radius 2 is 1.85 bits per heavy atom. The number of ether oxygens (including phenoxy) is 1. The van der Waals surface area contributed by atoms with Crippen molar-refractivity contribution in [1.82, 2.24) is 29.4 Å². The van der Waals surface area contributed by atoms with E-state index in [1.54, 1.807) is 52.3 Å². The predicted octanol–water partition coefficient (Wildman–Crippen LogP) is 2.35. The molecular formula is C21H30BrN7O4. The van der Waals surface area contributed by atoms with E-state index in [0.717, 1.165) is 10.2 Å². The fourth-order valence-electron chi connectivity index (χ4n) is 3.57. The second-order valence-corrected chi connectivity index (χ2v) is 8.75. The molecule has 1 aliphatic heterocycles. The number of amides is 3. The number of carbonyl (C=O) groups is 3. The van der Waals surface area contributed by atoms with E-state index in [-0.39, 0.29) is 24.3 Å². The number of aryl methyl sites for hydroxylation is 2. The van der Waals surface area contributed by atoms with Gasteiger partial charge in [-0.1, -0.05) is 0 Å². The first-order valence-electron chi connectivity index (χ1n) is 10.9. The summed E-state index contributed by atoms with van der Waals surface area (Å²) >= 11 is 3.41. The van der Waals surface area contributed by atoms with Gasteiger partial charge in [0, 0.05) is 44.5 Å². The molecule has 1 saturated heterocycles. The summed E-state index contributed by atoms with van der Waals surface area (Å²) < 4.78 is 9.26. The molecule has 11 nitrogen and oxygen atoms in total. The van der Waals surface area contributed by atoms with Gasteiger partial charge in [0.1, 0.15) is 6.04 Å². The third-order valence-corrected chi connectivity index (χ3v) is 6.43. The number of hydrogen-bond donors (Lipinski definition) is 1. The molecular weight excluding hydrogens is 494 g/mol. The summed E-state index contributed by atoms with van der Waals surface area (Å²) in [7, 11) is 0. The first-order valence-corrected chi connectivity index (χ1v) is 11.7. The lowest BCUT2D eigenvalue weighted by Crippen LogP contribution is -2.52. The summed E-state index contributed by atoms with van der Waals surface area (Å²) in [6.07, 6.45) is 3.30. The highest BCUT2D eigenvalue weighted by atomic mass is 79.9. The van der Waals surface area contributed by atoms with Crippen molar-refractivity contribution < 1.29 is 19.1 Å². The van der Waals surface area contributed by atoms with E-state index in [4.69, 9.17) is 4.74 Å². The molecule has 1 unspecified atom stereocenters. The largest absolute Gasteiger partial charge is 0.450 e. The van der Waals surface area contributed by atoms with Gasteiger partial charge in [0.25, 0.3) is 0 Å². The Balaban J connectivity index is 1.54. The van der Waals surface area contributed by atoms with E-state index in [0.29, 0.717) is 50.7 Å². The van der Waals surface area contributed by atoms with Crippen LogP contribution in [0.3, 0.4) is 0 Å². The van der Waals surface area contributed by atoms with Crippen molar-refractivity contribution in [3.05, 3.63) is 28.3 Å². The molecule has 2 aromatic heterocycles. The molecule has 0 radical (unpaired) electrons. The molecule has 0 saturated carbocycles. The van der Waals surface area contributed by atoms with Gasteiger partial charge in [-0.15, -0.1) is 0 Å². The number of carbonyl (C=O) groups excluding carboxylic acids is 3. The topological polar surface area (TPSA) is 115 Å². The van der Waals surface area contributed by atoms with Crippen molar-refractivity contribution in [3.63, 3.8) is 0 Å². The van der Waals surface area contributed by atoms with E-state index >= 15 is 0 Å². The van der Waals surface area contributed by atoms with Crippen molar-refractivity contribution >= 4 is 39.5 Å². The minimum atomic E-state index is -0.535. The molecule has 2 aromatic rings. The molecule has 33 heavy (non-hydrogen) atoms. The van der Waals surface area contributed by atoms with Gasteiger partial charge in [-0.05, 0) is 43.6 Å². The lowest BCUT2D eigenvalue weighted by Gasteiger charge is -2.35. The monoisotopic (exact) mass is 523 g/mol. The van der Waals surface area contributed by atoms with E-state index < -0.39 is 6.04 Å². The van der Waals surface area contributed by atoms with Crippen LogP contribution in [0.4, 0.5) is 10.5 Å². The summed E-state index contributed by atoms with van der Waals surface area (Å²) in [5.74, 6) is -0.239. The van der Waals surface area contributed by atoms with Gasteiger partial charge in [-0.2, -0.15) is 10.2 Å². The molecule has 0 spiro atoms. The minimum absolute atomic E-state index is 0.0846. The highest BCUT2D eigenvalue weighted by Gasteiger charge is 2.29. The number of rotatable bonds is 7. The van der Waals surface area contributed by atoms with Gasteiger partial charge in [0.15, 0.2) is 0 Å². The standard InChI is InChI=1S/C21H30BrN7O4/c1-5-33-21(32)27-10-8-26(9-11-27)20(31)16(4)29-13-18(14(2)25-29)24-19(30)6-7-28-15(3)17(22)12-23-28/h12-13,16H,5-11H2,1-4H3,(H,24,30). The average molecular weight is 524 g/mol. The zero-order valence-electron chi connectivity index (χ0n) is 19.4. The van der Waals surface area contributed by atoms with Gasteiger partial charge in [-0.3, -0.25) is 19.0 Å². The molecule has 1 atom stereocenters. The molecule has 0 bridgehead atoms. The number of hydrogen-bond acceptors (Lipinski definition) is 6. The molecule has 1 fully saturated rings. The quantitative estimate of drug-likeness (QED) is 0.595. The van der Waals surface area contributed by atoms with Crippen LogP contribution in [-0.4, -0.2) is 80.1 Å². The van der Waals surface area contributed by atoms with Crippen molar-refractivity contribution in [1.29, 1.82) is 0 Å². The van der Waals surface area contributed by atoms with Gasteiger partial charge >= 0.3 is 6.09 Å². The molecule has 0 aliphatic carbocycles. The van der Waals surface area contributed by atoms with Crippen molar-refractivity contribution in [2.75, 3.05) is 38.1 Å². The van der Waals surface area contributed by atoms with Gasteiger partial charge in [-0.25, -0.2) is 4.79 Å². The number of nitrogens with zero attached hydrogens (tertiary/aromatic N) is 6. The zero-order valence-corrected chi connectivity index (χ0v) is 21.0. The normalized spacial score (nSPS) is 14.8. The summed E-state index contributed by atoms with van der Waals surface area (Å²) in [6, 6.07) is -0.535. The average Bonchev–Trinajstić information content (AvgIpc) is 3.33. The maximum absolute atomic E-state index is 13.0. The number of aromatic nitrogens is 4.